The van der Waals surface area contributed by atoms with E-state index in [2.05, 4.69) is 21.6 Å². The van der Waals surface area contributed by atoms with Crippen molar-refractivity contribution in [3.05, 3.63) is 65.0 Å². The minimum absolute atomic E-state index is 0.0520. The fraction of sp³-hybridized carbons (Fsp3) is 0.250. The van der Waals surface area contributed by atoms with E-state index >= 15 is 0 Å². The molecule has 0 unspecified atom stereocenters. The summed E-state index contributed by atoms with van der Waals surface area (Å²) in [5, 5.41) is 12.3. The molecule has 4 rings (SSSR count). The highest BCUT2D eigenvalue weighted by molar-refractivity contribution is 7.99. The molecule has 8 heteroatoms. The normalized spacial score (nSPS) is 13.2. The van der Waals surface area contributed by atoms with Gasteiger partial charge in [-0.05, 0) is 48.7 Å². The summed E-state index contributed by atoms with van der Waals surface area (Å²) in [6.45, 7) is 1.15. The number of hydrogen-bond acceptors (Lipinski definition) is 6. The second-order valence-corrected chi connectivity index (χ2v) is 7.75. The summed E-state index contributed by atoms with van der Waals surface area (Å²) in [4.78, 5) is 14.5. The van der Waals surface area contributed by atoms with Crippen LogP contribution in [0.5, 0.6) is 0 Å². The maximum atomic E-state index is 12.7. The number of nitrogens with zero attached hydrogens (tertiary/aromatic N) is 3. The Morgan fingerprint density at radius 1 is 1.18 bits per heavy atom. The topological polar surface area (TPSA) is 71.3 Å². The van der Waals surface area contributed by atoms with Gasteiger partial charge in [0, 0.05) is 22.9 Å². The van der Waals surface area contributed by atoms with Crippen LogP contribution in [-0.4, -0.2) is 28.4 Å². The molecule has 0 atom stereocenters. The highest BCUT2D eigenvalue weighted by Gasteiger charge is 2.22. The molecule has 1 amide bonds. The van der Waals surface area contributed by atoms with E-state index in [1.165, 1.54) is 17.3 Å². The highest BCUT2D eigenvalue weighted by Crippen LogP contribution is 2.28. The fourth-order valence-corrected chi connectivity index (χ4v) is 3.89. The van der Waals surface area contributed by atoms with Gasteiger partial charge >= 0.3 is 0 Å². The number of halogens is 1. The molecule has 1 aromatic heterocycles. The molecule has 0 bridgehead atoms. The third-order valence-corrected chi connectivity index (χ3v) is 5.52. The highest BCUT2D eigenvalue weighted by atomic mass is 35.5. The van der Waals surface area contributed by atoms with Gasteiger partial charge in [0.05, 0.1) is 12.3 Å². The molecule has 144 valence electrons. The maximum absolute atomic E-state index is 12.7. The Labute approximate surface area is 172 Å². The molecule has 1 N–H and O–H groups in total. The van der Waals surface area contributed by atoms with Crippen LogP contribution in [0, 0.1) is 0 Å². The monoisotopic (exact) mass is 414 g/mol. The van der Waals surface area contributed by atoms with Crippen LogP contribution in [-0.2, 0) is 17.8 Å². The quantitative estimate of drug-likeness (QED) is 0.602. The van der Waals surface area contributed by atoms with Gasteiger partial charge in [0.1, 0.15) is 0 Å². The number of aryl methyl sites for hydroxylation is 1. The summed E-state index contributed by atoms with van der Waals surface area (Å²) in [5.41, 5.74) is 3.15. The predicted molar refractivity (Wildman–Crippen MR) is 111 cm³/mol. The molecule has 1 aliphatic rings. The first-order chi connectivity index (χ1) is 13.7. The first-order valence-corrected chi connectivity index (χ1v) is 10.4. The number of amides is 1. The lowest BCUT2D eigenvalue weighted by Gasteiger charge is -2.29. The summed E-state index contributed by atoms with van der Waals surface area (Å²) >= 11 is 7.14. The number of nitrogens with one attached hydrogen (secondary N) is 1. The molecule has 6 nitrogen and oxygen atoms in total. The summed E-state index contributed by atoms with van der Waals surface area (Å²) in [7, 11) is 0. The zero-order chi connectivity index (χ0) is 19.3. The van der Waals surface area contributed by atoms with Crippen LogP contribution in [0.4, 0.5) is 11.4 Å². The largest absolute Gasteiger partial charge is 0.414 e. The van der Waals surface area contributed by atoms with Crippen LogP contribution >= 0.6 is 23.4 Å². The van der Waals surface area contributed by atoms with E-state index in [4.69, 9.17) is 16.0 Å². The van der Waals surface area contributed by atoms with Crippen molar-refractivity contribution in [1.82, 2.24) is 10.2 Å². The second-order valence-electron chi connectivity index (χ2n) is 6.39. The molecule has 0 saturated carbocycles. The van der Waals surface area contributed by atoms with E-state index in [0.29, 0.717) is 22.7 Å². The second kappa shape index (κ2) is 8.67. The van der Waals surface area contributed by atoms with Crippen LogP contribution in [0.1, 0.15) is 17.9 Å². The Bertz CT molecular complexity index is 961. The Balaban J connectivity index is 1.31. The third kappa shape index (κ3) is 4.48. The lowest BCUT2D eigenvalue weighted by atomic mass is 10.0. The van der Waals surface area contributed by atoms with Crippen LogP contribution < -0.4 is 10.2 Å². The molecule has 1 aliphatic heterocycles. The summed E-state index contributed by atoms with van der Waals surface area (Å²) in [5.74, 6) is 0.782. The van der Waals surface area contributed by atoms with Crippen molar-refractivity contribution in [2.24, 2.45) is 0 Å². The SMILES string of the molecule is O=C(CSc1nnc(CNc2ccc(Cl)cc2)o1)N1CCCc2ccccc21. The zero-order valence-electron chi connectivity index (χ0n) is 15.1. The van der Waals surface area contributed by atoms with Crippen molar-refractivity contribution in [3.8, 4) is 0 Å². The molecule has 0 spiro atoms. The van der Waals surface area contributed by atoms with Gasteiger partial charge in [0.15, 0.2) is 0 Å². The smallest absolute Gasteiger partial charge is 0.277 e. The fourth-order valence-electron chi connectivity index (χ4n) is 3.11. The number of para-hydroxylation sites is 1. The molecule has 2 aromatic carbocycles. The zero-order valence-corrected chi connectivity index (χ0v) is 16.7. The number of anilines is 2. The number of carbonyl (C=O) groups is 1. The number of fused-ring (bicyclic) bond motifs is 1. The van der Waals surface area contributed by atoms with Crippen molar-refractivity contribution >= 4 is 40.6 Å². The van der Waals surface area contributed by atoms with Gasteiger partial charge in [-0.1, -0.05) is 41.6 Å². The number of thioether (sulfide) groups is 1. The molecule has 0 radical (unpaired) electrons. The lowest BCUT2D eigenvalue weighted by molar-refractivity contribution is -0.116. The number of benzene rings is 2. The standard InChI is InChI=1S/C20H19ClN4O2S/c21-15-7-9-16(10-8-15)22-12-18-23-24-20(27-18)28-13-19(26)25-11-3-5-14-4-1-2-6-17(14)25/h1-2,4,6-10,22H,3,5,11-13H2. The van der Waals surface area contributed by atoms with Crippen LogP contribution in [0.25, 0.3) is 0 Å². The first-order valence-electron chi connectivity index (χ1n) is 9.02. The van der Waals surface area contributed by atoms with Gasteiger partial charge in [-0.25, -0.2) is 0 Å². The molecule has 3 aromatic rings. The van der Waals surface area contributed by atoms with Crippen molar-refractivity contribution in [1.29, 1.82) is 0 Å². The van der Waals surface area contributed by atoms with E-state index in [1.807, 2.05) is 47.4 Å². The number of carbonyl (C=O) groups excluding carboxylic acids is 1. The van der Waals surface area contributed by atoms with Gasteiger partial charge in [0.25, 0.3) is 5.22 Å². The maximum Gasteiger partial charge on any atom is 0.277 e. The molecule has 0 saturated heterocycles. The molecule has 0 fully saturated rings. The summed E-state index contributed by atoms with van der Waals surface area (Å²) in [6, 6.07) is 15.4. The summed E-state index contributed by atoms with van der Waals surface area (Å²) < 4.78 is 5.62. The van der Waals surface area contributed by atoms with Crippen LogP contribution in [0.2, 0.25) is 5.02 Å². The van der Waals surface area contributed by atoms with Crippen molar-refractivity contribution in [3.63, 3.8) is 0 Å². The Morgan fingerprint density at radius 2 is 2.00 bits per heavy atom. The van der Waals surface area contributed by atoms with E-state index in [9.17, 15) is 4.79 Å². The van der Waals surface area contributed by atoms with E-state index in [1.54, 1.807) is 0 Å². The van der Waals surface area contributed by atoms with E-state index in [0.717, 1.165) is 30.8 Å². The molecular formula is C20H19ClN4O2S. The van der Waals surface area contributed by atoms with E-state index in [-0.39, 0.29) is 11.7 Å². The van der Waals surface area contributed by atoms with Crippen molar-refractivity contribution in [2.45, 2.75) is 24.6 Å². The van der Waals surface area contributed by atoms with E-state index < -0.39 is 0 Å². The van der Waals surface area contributed by atoms with Crippen molar-refractivity contribution in [2.75, 3.05) is 22.5 Å². The Hall–Kier alpha value is -2.51. The average Bonchev–Trinajstić information content (AvgIpc) is 3.19. The molecule has 28 heavy (non-hydrogen) atoms. The minimum Gasteiger partial charge on any atom is -0.414 e. The number of aromatic nitrogens is 2. The molecule has 0 aliphatic carbocycles. The minimum atomic E-state index is 0.0520. The molecule has 2 heterocycles. The predicted octanol–water partition coefficient (Wildman–Crippen LogP) is 4.41. The van der Waals surface area contributed by atoms with Gasteiger partial charge in [-0.3, -0.25) is 4.79 Å². The van der Waals surface area contributed by atoms with Crippen LogP contribution in [0.15, 0.2) is 58.2 Å². The average molecular weight is 415 g/mol. The van der Waals surface area contributed by atoms with Crippen molar-refractivity contribution < 1.29 is 9.21 Å². The van der Waals surface area contributed by atoms with Gasteiger partial charge in [-0.15, -0.1) is 10.2 Å². The third-order valence-electron chi connectivity index (χ3n) is 4.47. The number of rotatable bonds is 6. The number of hydrogen-bond donors (Lipinski definition) is 1. The Kier molecular flexibility index (Phi) is 5.83. The lowest BCUT2D eigenvalue weighted by Crippen LogP contribution is -2.36. The molecular weight excluding hydrogens is 396 g/mol. The van der Waals surface area contributed by atoms with Gasteiger partial charge in [-0.2, -0.15) is 0 Å². The first kappa shape index (κ1) is 18.8. The van der Waals surface area contributed by atoms with Gasteiger partial charge in [0.2, 0.25) is 11.8 Å². The summed E-state index contributed by atoms with van der Waals surface area (Å²) in [6.07, 6.45) is 2.00. The van der Waals surface area contributed by atoms with Crippen LogP contribution in [0.3, 0.4) is 0 Å². The van der Waals surface area contributed by atoms with Gasteiger partial charge < -0.3 is 14.6 Å². The Morgan fingerprint density at radius 3 is 2.86 bits per heavy atom.